The first-order valence-corrected chi connectivity index (χ1v) is 12.9. The molecule has 0 atom stereocenters. The third-order valence-electron chi connectivity index (χ3n) is 7.10. The van der Waals surface area contributed by atoms with E-state index in [9.17, 15) is 9.59 Å². The summed E-state index contributed by atoms with van der Waals surface area (Å²) < 4.78 is 0. The van der Waals surface area contributed by atoms with Crippen LogP contribution < -0.4 is 21.3 Å². The van der Waals surface area contributed by atoms with Gasteiger partial charge >= 0.3 is 12.1 Å². The van der Waals surface area contributed by atoms with Crippen LogP contribution in [-0.4, -0.2) is 12.1 Å². The van der Waals surface area contributed by atoms with E-state index in [4.69, 9.17) is 0 Å². The van der Waals surface area contributed by atoms with Gasteiger partial charge in [-0.15, -0.1) is 0 Å². The predicted molar refractivity (Wildman–Crippen MR) is 155 cm³/mol. The van der Waals surface area contributed by atoms with Crippen LogP contribution in [-0.2, 0) is 12.8 Å². The summed E-state index contributed by atoms with van der Waals surface area (Å²) in [6.45, 7) is 0. The molecule has 0 saturated heterocycles. The third kappa shape index (κ3) is 5.02. The van der Waals surface area contributed by atoms with Gasteiger partial charge < -0.3 is 21.3 Å². The Morgan fingerprint density at radius 3 is 1.26 bits per heavy atom. The number of nitrogens with one attached hydrogen (secondary N) is 4. The number of carbonyl (C=O) groups excluding carboxylic acids is 2. The van der Waals surface area contributed by atoms with Crippen LogP contribution in [0.1, 0.15) is 35.1 Å². The molecule has 0 heterocycles. The van der Waals surface area contributed by atoms with Gasteiger partial charge in [-0.1, -0.05) is 48.5 Å². The van der Waals surface area contributed by atoms with Crippen molar-refractivity contribution in [1.82, 2.24) is 0 Å². The van der Waals surface area contributed by atoms with Gasteiger partial charge in [-0.2, -0.15) is 0 Å². The minimum Gasteiger partial charge on any atom is -0.308 e. The number of rotatable bonds is 4. The average molecular weight is 501 g/mol. The molecule has 0 spiro atoms. The van der Waals surface area contributed by atoms with Crippen LogP contribution in [0.3, 0.4) is 0 Å². The topological polar surface area (TPSA) is 82.3 Å². The summed E-state index contributed by atoms with van der Waals surface area (Å²) >= 11 is 0. The highest BCUT2D eigenvalue weighted by atomic mass is 16.2. The first kappa shape index (κ1) is 23.6. The number of amides is 4. The van der Waals surface area contributed by atoms with E-state index in [-0.39, 0.29) is 12.1 Å². The first-order valence-electron chi connectivity index (χ1n) is 12.9. The fourth-order valence-corrected chi connectivity index (χ4v) is 5.35. The highest BCUT2D eigenvalue weighted by Crippen LogP contribution is 2.45. The Balaban J connectivity index is 1.22. The molecule has 0 aromatic heterocycles. The molecule has 38 heavy (non-hydrogen) atoms. The van der Waals surface area contributed by atoms with Gasteiger partial charge in [-0.25, -0.2) is 9.59 Å². The molecule has 0 fully saturated rings. The molecule has 2 aliphatic rings. The maximum atomic E-state index is 12.6. The van der Waals surface area contributed by atoms with Gasteiger partial charge in [0, 0.05) is 22.7 Å². The van der Waals surface area contributed by atoms with Crippen molar-refractivity contribution < 1.29 is 9.59 Å². The highest BCUT2D eigenvalue weighted by Gasteiger charge is 2.26. The number of allylic oxidation sites excluding steroid dienone is 2. The van der Waals surface area contributed by atoms with Crippen molar-refractivity contribution in [3.63, 3.8) is 0 Å². The van der Waals surface area contributed by atoms with Crippen molar-refractivity contribution >= 4 is 46.0 Å². The van der Waals surface area contributed by atoms with Gasteiger partial charge in [0.25, 0.3) is 0 Å². The number of benzene rings is 4. The van der Waals surface area contributed by atoms with Crippen molar-refractivity contribution in [2.24, 2.45) is 0 Å². The fourth-order valence-electron chi connectivity index (χ4n) is 5.35. The number of anilines is 4. The first-order chi connectivity index (χ1) is 18.6. The minimum absolute atomic E-state index is 0.265. The quantitative estimate of drug-likeness (QED) is 0.231. The largest absolute Gasteiger partial charge is 0.323 e. The van der Waals surface area contributed by atoms with Gasteiger partial charge in [-0.05, 0) is 108 Å². The van der Waals surface area contributed by atoms with Crippen LogP contribution in [0.4, 0.5) is 32.3 Å². The van der Waals surface area contributed by atoms with E-state index in [1.807, 2.05) is 72.8 Å². The average Bonchev–Trinajstić information content (AvgIpc) is 3.53. The molecule has 0 radical (unpaired) electrons. The molecule has 6 nitrogen and oxygen atoms in total. The van der Waals surface area contributed by atoms with E-state index < -0.39 is 0 Å². The monoisotopic (exact) mass is 500 g/mol. The lowest BCUT2D eigenvalue weighted by Crippen LogP contribution is -2.19. The summed E-state index contributed by atoms with van der Waals surface area (Å²) in [4.78, 5) is 25.1. The van der Waals surface area contributed by atoms with Crippen LogP contribution in [0.25, 0.3) is 11.1 Å². The van der Waals surface area contributed by atoms with Crippen molar-refractivity contribution in [1.29, 1.82) is 0 Å². The molecule has 4 amide bonds. The lowest BCUT2D eigenvalue weighted by Gasteiger charge is -2.13. The van der Waals surface area contributed by atoms with E-state index in [1.165, 1.54) is 33.4 Å². The van der Waals surface area contributed by atoms with Crippen molar-refractivity contribution in [3.05, 3.63) is 119 Å². The Bertz CT molecular complexity index is 1430. The number of hydrogen-bond acceptors (Lipinski definition) is 2. The van der Waals surface area contributed by atoms with E-state index >= 15 is 0 Å². The molecule has 0 saturated carbocycles. The standard InChI is InChI=1S/C32H28N4O2/c37-31(33-23-7-3-1-4-8-23)35-25-15-11-21-13-17-27(29(21)19-25)28-18-14-22-12-16-26(20-30(22)28)36-32(38)34-24-9-5-2-6-10-24/h1-12,15-16,19-20H,13-14,17-18H2,(H2,33,35,37)(H2,34,36,38)/b28-27-. The van der Waals surface area contributed by atoms with E-state index in [2.05, 4.69) is 45.5 Å². The third-order valence-corrected chi connectivity index (χ3v) is 7.10. The second-order valence-electron chi connectivity index (χ2n) is 9.59. The molecule has 0 unspecified atom stereocenters. The van der Waals surface area contributed by atoms with Gasteiger partial charge in [-0.3, -0.25) is 0 Å². The zero-order valence-electron chi connectivity index (χ0n) is 20.9. The number of carbonyl (C=O) groups is 2. The predicted octanol–water partition coefficient (Wildman–Crippen LogP) is 7.78. The minimum atomic E-state index is -0.265. The van der Waals surface area contributed by atoms with Gasteiger partial charge in [0.1, 0.15) is 0 Å². The number of para-hydroxylation sites is 2. The Kier molecular flexibility index (Phi) is 6.36. The molecule has 188 valence electrons. The van der Waals surface area contributed by atoms with Gasteiger partial charge in [0.15, 0.2) is 0 Å². The lowest BCUT2D eigenvalue weighted by atomic mass is 9.96. The molecule has 6 heteroatoms. The second kappa shape index (κ2) is 10.3. The molecular formula is C32H28N4O2. The maximum absolute atomic E-state index is 12.6. The maximum Gasteiger partial charge on any atom is 0.323 e. The van der Waals surface area contributed by atoms with E-state index in [0.717, 1.165) is 48.4 Å². The van der Waals surface area contributed by atoms with Crippen LogP contribution >= 0.6 is 0 Å². The Hall–Kier alpha value is -4.84. The summed E-state index contributed by atoms with van der Waals surface area (Å²) in [5.41, 5.74) is 10.7. The van der Waals surface area contributed by atoms with Crippen molar-refractivity contribution in [2.45, 2.75) is 25.7 Å². The zero-order chi connectivity index (χ0) is 25.9. The number of hydrogen-bond donors (Lipinski definition) is 4. The summed E-state index contributed by atoms with van der Waals surface area (Å²) in [7, 11) is 0. The SMILES string of the molecule is O=C(Nc1ccccc1)Nc1ccc2c(c1)/C(=C1/CCc3ccc(NC(=O)Nc4ccccc4)cc31)CC2. The zero-order valence-corrected chi connectivity index (χ0v) is 20.9. The smallest absolute Gasteiger partial charge is 0.308 e. The van der Waals surface area contributed by atoms with Crippen LogP contribution in [0, 0.1) is 0 Å². The van der Waals surface area contributed by atoms with Crippen molar-refractivity contribution in [3.8, 4) is 0 Å². The number of fused-ring (bicyclic) bond motifs is 2. The molecule has 4 aromatic carbocycles. The van der Waals surface area contributed by atoms with Crippen LogP contribution in [0.2, 0.25) is 0 Å². The summed E-state index contributed by atoms with van der Waals surface area (Å²) in [5, 5.41) is 11.7. The fraction of sp³-hybridized carbons (Fsp3) is 0.125. The molecule has 0 aliphatic heterocycles. The second-order valence-corrected chi connectivity index (χ2v) is 9.59. The number of aryl methyl sites for hydroxylation is 2. The van der Waals surface area contributed by atoms with Gasteiger partial charge in [0.2, 0.25) is 0 Å². The van der Waals surface area contributed by atoms with Crippen LogP contribution in [0.5, 0.6) is 0 Å². The Morgan fingerprint density at radius 1 is 0.447 bits per heavy atom. The highest BCUT2D eigenvalue weighted by molar-refractivity contribution is 6.03. The lowest BCUT2D eigenvalue weighted by molar-refractivity contribution is 0.261. The van der Waals surface area contributed by atoms with E-state index in [0.29, 0.717) is 0 Å². The molecule has 4 N–H and O–H groups in total. The van der Waals surface area contributed by atoms with Crippen LogP contribution in [0.15, 0.2) is 97.1 Å². The molecule has 6 rings (SSSR count). The van der Waals surface area contributed by atoms with E-state index in [1.54, 1.807) is 0 Å². The molecular weight excluding hydrogens is 472 g/mol. The Labute approximate surface area is 221 Å². The Morgan fingerprint density at radius 2 is 0.842 bits per heavy atom. The number of urea groups is 2. The van der Waals surface area contributed by atoms with Crippen molar-refractivity contribution in [2.75, 3.05) is 21.3 Å². The molecule has 4 aromatic rings. The summed E-state index contributed by atoms with van der Waals surface area (Å²) in [5.74, 6) is 0. The summed E-state index contributed by atoms with van der Waals surface area (Å²) in [6.07, 6.45) is 3.90. The molecule has 2 aliphatic carbocycles. The molecule has 0 bridgehead atoms. The normalized spacial score (nSPS) is 15.4. The summed E-state index contributed by atoms with van der Waals surface area (Å²) in [6, 6.07) is 30.6. The van der Waals surface area contributed by atoms with Gasteiger partial charge in [0.05, 0.1) is 0 Å².